The Morgan fingerprint density at radius 3 is 2.33 bits per heavy atom. The second-order valence-electron chi connectivity index (χ2n) is 6.11. The molecule has 1 aliphatic heterocycles. The van der Waals surface area contributed by atoms with Crippen LogP contribution in [0.15, 0.2) is 58.0 Å². The molecule has 1 fully saturated rings. The molecule has 1 heterocycles. The molecule has 8 heteroatoms. The molecule has 1 saturated heterocycles. The van der Waals surface area contributed by atoms with E-state index in [2.05, 4.69) is 26.2 Å². The number of carbonyl (C=O) groups is 2. The number of thiocarbonyl (C=S) groups is 1. The van der Waals surface area contributed by atoms with E-state index in [1.807, 2.05) is 43.3 Å². The minimum absolute atomic E-state index is 0.0623. The number of benzene rings is 2. The van der Waals surface area contributed by atoms with E-state index in [4.69, 9.17) is 12.2 Å². The van der Waals surface area contributed by atoms with Gasteiger partial charge in [-0.25, -0.2) is 0 Å². The summed E-state index contributed by atoms with van der Waals surface area (Å²) in [6.45, 7) is 0. The minimum Gasteiger partial charge on any atom is -0.378 e. The minimum atomic E-state index is -1.05. The first-order chi connectivity index (χ1) is 12.9. The third-order valence-electron chi connectivity index (χ3n) is 4.03. The van der Waals surface area contributed by atoms with E-state index in [0.29, 0.717) is 11.4 Å². The molecule has 2 aromatic carbocycles. The normalized spacial score (nSPS) is 17.4. The smallest absolute Gasteiger partial charge is 0.251 e. The van der Waals surface area contributed by atoms with Crippen LogP contribution >= 0.6 is 28.1 Å². The lowest BCUT2D eigenvalue weighted by Gasteiger charge is -2.30. The summed E-state index contributed by atoms with van der Waals surface area (Å²) >= 11 is 8.53. The molecule has 1 N–H and O–H groups in total. The van der Waals surface area contributed by atoms with Gasteiger partial charge in [0, 0.05) is 30.5 Å². The highest BCUT2D eigenvalue weighted by molar-refractivity contribution is 9.10. The van der Waals surface area contributed by atoms with Gasteiger partial charge in [-0.3, -0.25) is 19.5 Å². The summed E-state index contributed by atoms with van der Waals surface area (Å²) < 4.78 is 0.880. The van der Waals surface area contributed by atoms with Crippen LogP contribution in [0.2, 0.25) is 0 Å². The summed E-state index contributed by atoms with van der Waals surface area (Å²) in [7, 11) is 3.89. The predicted octanol–water partition coefficient (Wildman–Crippen LogP) is 3.28. The topological polar surface area (TPSA) is 65.0 Å². The fourth-order valence-corrected chi connectivity index (χ4v) is 3.11. The van der Waals surface area contributed by atoms with Crippen molar-refractivity contribution in [1.82, 2.24) is 5.32 Å². The fourth-order valence-electron chi connectivity index (χ4n) is 2.55. The molecule has 0 spiro atoms. The van der Waals surface area contributed by atoms with Gasteiger partial charge in [-0.1, -0.05) is 15.9 Å². The van der Waals surface area contributed by atoms with Crippen molar-refractivity contribution in [2.24, 2.45) is 10.9 Å². The first-order valence-corrected chi connectivity index (χ1v) is 9.33. The number of nitrogens with one attached hydrogen (secondary N) is 1. The van der Waals surface area contributed by atoms with E-state index >= 15 is 0 Å². The van der Waals surface area contributed by atoms with Crippen LogP contribution < -0.4 is 15.1 Å². The quantitative estimate of drug-likeness (QED) is 0.446. The van der Waals surface area contributed by atoms with Gasteiger partial charge in [0.1, 0.15) is 0 Å². The molecule has 6 nitrogen and oxygen atoms in total. The number of halogens is 1. The van der Waals surface area contributed by atoms with Crippen LogP contribution in [0.5, 0.6) is 0 Å². The van der Waals surface area contributed by atoms with Crippen molar-refractivity contribution in [3.05, 3.63) is 53.0 Å². The molecule has 2 aromatic rings. The second kappa shape index (κ2) is 7.98. The van der Waals surface area contributed by atoms with Gasteiger partial charge >= 0.3 is 0 Å². The SMILES string of the molecule is CN(C)c1ccc(N=C[C@H]2C(=O)NC(=S)N(c3ccc(Br)cc3)C2=O)cc1. The number of hydrogen-bond acceptors (Lipinski definition) is 5. The van der Waals surface area contributed by atoms with Crippen LogP contribution in [0.3, 0.4) is 0 Å². The van der Waals surface area contributed by atoms with E-state index in [9.17, 15) is 9.59 Å². The van der Waals surface area contributed by atoms with Gasteiger partial charge in [0.2, 0.25) is 5.91 Å². The highest BCUT2D eigenvalue weighted by atomic mass is 79.9. The van der Waals surface area contributed by atoms with Gasteiger partial charge < -0.3 is 10.2 Å². The molecule has 3 rings (SSSR count). The number of hydrogen-bond donors (Lipinski definition) is 1. The van der Waals surface area contributed by atoms with Crippen LogP contribution in [0.25, 0.3) is 0 Å². The van der Waals surface area contributed by atoms with Crippen LogP contribution in [0, 0.1) is 5.92 Å². The van der Waals surface area contributed by atoms with Gasteiger partial charge in [0.05, 0.1) is 11.4 Å². The van der Waals surface area contributed by atoms with Crippen molar-refractivity contribution in [2.75, 3.05) is 23.9 Å². The molecule has 0 unspecified atom stereocenters. The Bertz CT molecular complexity index is 910. The highest BCUT2D eigenvalue weighted by Gasteiger charge is 2.38. The van der Waals surface area contributed by atoms with Crippen molar-refractivity contribution < 1.29 is 9.59 Å². The van der Waals surface area contributed by atoms with Gasteiger partial charge in [-0.15, -0.1) is 0 Å². The average Bonchev–Trinajstić information content (AvgIpc) is 2.63. The molecule has 0 saturated carbocycles. The third kappa shape index (κ3) is 4.23. The molecule has 0 aromatic heterocycles. The summed E-state index contributed by atoms with van der Waals surface area (Å²) in [5, 5.41) is 2.63. The molecule has 0 bridgehead atoms. The average molecular weight is 445 g/mol. The summed E-state index contributed by atoms with van der Waals surface area (Å²) in [6.07, 6.45) is 1.36. The Kier molecular flexibility index (Phi) is 5.67. The molecule has 2 amide bonds. The van der Waals surface area contributed by atoms with Crippen molar-refractivity contribution >= 4 is 68.4 Å². The number of rotatable bonds is 4. The van der Waals surface area contributed by atoms with Crippen molar-refractivity contribution in [3.63, 3.8) is 0 Å². The molecule has 0 aliphatic carbocycles. The molecule has 138 valence electrons. The van der Waals surface area contributed by atoms with E-state index in [-0.39, 0.29) is 5.11 Å². The van der Waals surface area contributed by atoms with E-state index in [1.165, 1.54) is 11.1 Å². The second-order valence-corrected chi connectivity index (χ2v) is 7.41. The standard InChI is InChI=1S/C19H17BrN4O2S/c1-23(2)14-9-5-13(6-10-14)21-11-16-17(25)22-19(27)24(18(16)26)15-7-3-12(20)4-8-15/h3-11,16H,1-2H3,(H,22,25,27)/t16-/m0/s1. The Balaban J connectivity index is 1.83. The molecule has 0 radical (unpaired) electrons. The van der Waals surface area contributed by atoms with Gasteiger partial charge in [0.25, 0.3) is 5.91 Å². The summed E-state index contributed by atoms with van der Waals surface area (Å²) in [6, 6.07) is 14.6. The monoisotopic (exact) mass is 444 g/mol. The maximum atomic E-state index is 12.9. The largest absolute Gasteiger partial charge is 0.378 e. The van der Waals surface area contributed by atoms with Crippen LogP contribution in [0.1, 0.15) is 0 Å². The molecule has 1 atom stereocenters. The third-order valence-corrected chi connectivity index (χ3v) is 4.84. The lowest BCUT2D eigenvalue weighted by Crippen LogP contribution is -2.58. The highest BCUT2D eigenvalue weighted by Crippen LogP contribution is 2.23. The number of anilines is 2. The number of amides is 2. The van der Waals surface area contributed by atoms with Gasteiger partial charge in [-0.05, 0) is 60.7 Å². The zero-order valence-corrected chi connectivity index (χ0v) is 17.1. The maximum Gasteiger partial charge on any atom is 0.251 e. The molecule has 1 aliphatic rings. The molecular formula is C19H17BrN4O2S. The molecular weight excluding hydrogens is 428 g/mol. The lowest BCUT2D eigenvalue weighted by molar-refractivity contribution is -0.130. The van der Waals surface area contributed by atoms with Gasteiger partial charge in [0.15, 0.2) is 11.0 Å². The zero-order valence-electron chi connectivity index (χ0n) is 14.7. The first-order valence-electron chi connectivity index (χ1n) is 8.13. The lowest BCUT2D eigenvalue weighted by atomic mass is 10.1. The number of aliphatic imine (C=N–C) groups is 1. The fraction of sp³-hybridized carbons (Fsp3) is 0.158. The van der Waals surface area contributed by atoms with Crippen LogP contribution in [-0.4, -0.2) is 37.2 Å². The van der Waals surface area contributed by atoms with Crippen molar-refractivity contribution in [2.45, 2.75) is 0 Å². The first kappa shape index (κ1) is 19.2. The Labute approximate surface area is 171 Å². The van der Waals surface area contributed by atoms with E-state index in [0.717, 1.165) is 10.2 Å². The number of carbonyl (C=O) groups excluding carboxylic acids is 2. The Morgan fingerprint density at radius 2 is 1.74 bits per heavy atom. The Hall–Kier alpha value is -2.58. The van der Waals surface area contributed by atoms with E-state index in [1.54, 1.807) is 24.3 Å². The van der Waals surface area contributed by atoms with E-state index < -0.39 is 17.7 Å². The zero-order chi connectivity index (χ0) is 19.6. The summed E-state index contributed by atoms with van der Waals surface area (Å²) in [5.74, 6) is -1.96. The number of nitrogens with zero attached hydrogens (tertiary/aromatic N) is 3. The van der Waals surface area contributed by atoms with Crippen LogP contribution in [-0.2, 0) is 9.59 Å². The van der Waals surface area contributed by atoms with Gasteiger partial charge in [-0.2, -0.15) is 0 Å². The molecule has 27 heavy (non-hydrogen) atoms. The summed E-state index contributed by atoms with van der Waals surface area (Å²) in [5.41, 5.74) is 2.28. The predicted molar refractivity (Wildman–Crippen MR) is 115 cm³/mol. The Morgan fingerprint density at radius 1 is 1.11 bits per heavy atom. The van der Waals surface area contributed by atoms with Crippen molar-refractivity contribution in [1.29, 1.82) is 0 Å². The van der Waals surface area contributed by atoms with Crippen molar-refractivity contribution in [3.8, 4) is 0 Å². The summed E-state index contributed by atoms with van der Waals surface area (Å²) in [4.78, 5) is 32.7. The van der Waals surface area contributed by atoms with Crippen LogP contribution in [0.4, 0.5) is 17.1 Å². The maximum absolute atomic E-state index is 12.9.